The predicted octanol–water partition coefficient (Wildman–Crippen LogP) is 5.36. The number of hydrogen-bond acceptors (Lipinski definition) is 5. The first kappa shape index (κ1) is 25.3. The summed E-state index contributed by atoms with van der Waals surface area (Å²) in [6.07, 6.45) is -2.24. The third kappa shape index (κ3) is 6.66. The molecule has 0 fully saturated rings. The second-order valence-electron chi connectivity index (χ2n) is 7.63. The molecule has 11 heteroatoms. The van der Waals surface area contributed by atoms with Gasteiger partial charge in [0.25, 0.3) is 11.8 Å². The molecular weight excluding hydrogens is 492 g/mol. The van der Waals surface area contributed by atoms with Crippen molar-refractivity contribution in [3.05, 3.63) is 108 Å². The van der Waals surface area contributed by atoms with Crippen LogP contribution in [0.4, 0.5) is 23.2 Å². The van der Waals surface area contributed by atoms with Crippen LogP contribution < -0.4 is 15.4 Å². The molecule has 0 saturated heterocycles. The molecule has 2 N–H and O–H groups in total. The first-order valence-corrected chi connectivity index (χ1v) is 10.8. The molecule has 0 aliphatic carbocycles. The lowest BCUT2D eigenvalue weighted by molar-refractivity contribution is -0.274. The number of pyridine rings is 2. The first-order chi connectivity index (χ1) is 17.7. The number of nitrogens with one attached hydrogen (secondary N) is 2. The van der Waals surface area contributed by atoms with Crippen LogP contribution in [-0.4, -0.2) is 28.1 Å². The Morgan fingerprint density at radius 3 is 2.35 bits per heavy atom. The third-order valence-electron chi connectivity index (χ3n) is 5.04. The summed E-state index contributed by atoms with van der Waals surface area (Å²) in [7, 11) is 0. The van der Waals surface area contributed by atoms with Gasteiger partial charge in [0, 0.05) is 17.3 Å². The summed E-state index contributed by atoms with van der Waals surface area (Å²) in [5.74, 6) is -2.83. The van der Waals surface area contributed by atoms with Gasteiger partial charge in [-0.25, -0.2) is 4.39 Å². The third-order valence-corrected chi connectivity index (χ3v) is 5.04. The number of alkyl halides is 3. The smallest absolute Gasteiger partial charge is 0.405 e. The first-order valence-electron chi connectivity index (χ1n) is 10.8. The van der Waals surface area contributed by atoms with Crippen LogP contribution in [0.5, 0.6) is 5.75 Å². The molecule has 0 aliphatic heterocycles. The lowest BCUT2D eigenvalue weighted by Crippen LogP contribution is -2.26. The van der Waals surface area contributed by atoms with E-state index in [4.69, 9.17) is 0 Å². The molecular formula is C26H18F4N4O3. The number of nitrogens with zero attached hydrogens (tertiary/aromatic N) is 2. The molecule has 0 bridgehead atoms. The Balaban J connectivity index is 1.53. The van der Waals surface area contributed by atoms with Crippen LogP contribution in [0, 0.1) is 5.82 Å². The number of ether oxygens (including phenoxy) is 1. The Kier molecular flexibility index (Phi) is 7.42. The highest BCUT2D eigenvalue weighted by Crippen LogP contribution is 2.28. The fraction of sp³-hybridized carbons (Fsp3) is 0.0769. The maximum absolute atomic E-state index is 14.0. The van der Waals surface area contributed by atoms with Crippen molar-refractivity contribution in [3.63, 3.8) is 0 Å². The van der Waals surface area contributed by atoms with Crippen LogP contribution in [0.3, 0.4) is 0 Å². The Labute approximate surface area is 208 Å². The number of hydrogen-bond donors (Lipinski definition) is 2. The number of carbonyl (C=O) groups is 2. The van der Waals surface area contributed by atoms with Gasteiger partial charge in [0.1, 0.15) is 11.6 Å². The average Bonchev–Trinajstić information content (AvgIpc) is 2.88. The van der Waals surface area contributed by atoms with Gasteiger partial charge in [-0.05, 0) is 54.6 Å². The van der Waals surface area contributed by atoms with Crippen molar-refractivity contribution in [2.24, 2.45) is 0 Å². The summed E-state index contributed by atoms with van der Waals surface area (Å²) < 4.78 is 56.6. The van der Waals surface area contributed by atoms with Gasteiger partial charge in [-0.15, -0.1) is 13.2 Å². The minimum absolute atomic E-state index is 0.0540. The molecule has 0 atom stereocenters. The highest BCUT2D eigenvalue weighted by molar-refractivity contribution is 6.07. The van der Waals surface area contributed by atoms with Gasteiger partial charge in [0.15, 0.2) is 0 Å². The number of aromatic nitrogens is 2. The maximum Gasteiger partial charge on any atom is 0.573 e. The van der Waals surface area contributed by atoms with Crippen molar-refractivity contribution >= 4 is 17.5 Å². The summed E-state index contributed by atoms with van der Waals surface area (Å²) in [6, 6.07) is 17.0. The van der Waals surface area contributed by atoms with E-state index in [2.05, 4.69) is 25.3 Å². The van der Waals surface area contributed by atoms with Crippen LogP contribution in [0.25, 0.3) is 11.3 Å². The van der Waals surface area contributed by atoms with Gasteiger partial charge in [-0.1, -0.05) is 18.2 Å². The fourth-order valence-electron chi connectivity index (χ4n) is 3.33. The quantitative estimate of drug-likeness (QED) is 0.327. The van der Waals surface area contributed by atoms with Crippen molar-refractivity contribution in [2.75, 3.05) is 5.32 Å². The molecule has 4 aromatic rings. The van der Waals surface area contributed by atoms with Gasteiger partial charge in [0.2, 0.25) is 0 Å². The average molecular weight is 510 g/mol. The molecule has 0 aliphatic rings. The number of rotatable bonds is 7. The summed E-state index contributed by atoms with van der Waals surface area (Å²) in [5.41, 5.74) is 0.763. The topological polar surface area (TPSA) is 93.2 Å². The van der Waals surface area contributed by atoms with Crippen molar-refractivity contribution in [2.45, 2.75) is 12.9 Å². The maximum atomic E-state index is 14.0. The Morgan fingerprint density at radius 2 is 1.68 bits per heavy atom. The van der Waals surface area contributed by atoms with Crippen molar-refractivity contribution in [1.29, 1.82) is 0 Å². The molecule has 7 nitrogen and oxygen atoms in total. The van der Waals surface area contributed by atoms with Crippen LogP contribution in [-0.2, 0) is 6.54 Å². The van der Waals surface area contributed by atoms with E-state index in [1.807, 2.05) is 0 Å². The van der Waals surface area contributed by atoms with E-state index in [1.165, 1.54) is 30.6 Å². The van der Waals surface area contributed by atoms with Gasteiger partial charge in [-0.2, -0.15) is 0 Å². The highest BCUT2D eigenvalue weighted by atomic mass is 19.4. The second-order valence-corrected chi connectivity index (χ2v) is 7.63. The summed E-state index contributed by atoms with van der Waals surface area (Å²) in [4.78, 5) is 33.6. The number of anilines is 1. The molecule has 2 aromatic heterocycles. The number of benzene rings is 2. The van der Waals surface area contributed by atoms with Gasteiger partial charge < -0.3 is 15.4 Å². The van der Waals surface area contributed by atoms with E-state index in [-0.39, 0.29) is 23.4 Å². The van der Waals surface area contributed by atoms with Crippen LogP contribution >= 0.6 is 0 Å². The fourth-order valence-corrected chi connectivity index (χ4v) is 3.33. The van der Waals surface area contributed by atoms with Crippen LogP contribution in [0.1, 0.15) is 26.4 Å². The zero-order chi connectivity index (χ0) is 26.4. The number of amides is 2. The normalized spacial score (nSPS) is 11.0. The van der Waals surface area contributed by atoms with Crippen LogP contribution in [0.15, 0.2) is 85.2 Å². The number of halogens is 4. The summed E-state index contributed by atoms with van der Waals surface area (Å²) in [5, 5.41) is 5.01. The van der Waals surface area contributed by atoms with E-state index < -0.39 is 35.3 Å². The molecule has 0 radical (unpaired) electrons. The van der Waals surface area contributed by atoms with E-state index in [1.54, 1.807) is 36.4 Å². The van der Waals surface area contributed by atoms with Crippen molar-refractivity contribution in [1.82, 2.24) is 15.3 Å². The monoisotopic (exact) mass is 510 g/mol. The van der Waals surface area contributed by atoms with E-state index in [0.717, 1.165) is 18.2 Å². The molecule has 0 unspecified atom stereocenters. The minimum atomic E-state index is -5.05. The summed E-state index contributed by atoms with van der Waals surface area (Å²) >= 11 is 0. The molecule has 188 valence electrons. The van der Waals surface area contributed by atoms with E-state index >= 15 is 0 Å². The second kappa shape index (κ2) is 10.9. The molecule has 2 aromatic carbocycles. The minimum Gasteiger partial charge on any atom is -0.405 e. The largest absolute Gasteiger partial charge is 0.573 e. The summed E-state index contributed by atoms with van der Waals surface area (Å²) in [6.45, 7) is -0.0540. The molecule has 2 heterocycles. The zero-order valence-electron chi connectivity index (χ0n) is 18.9. The van der Waals surface area contributed by atoms with Gasteiger partial charge in [0.05, 0.1) is 35.4 Å². The molecule has 0 spiro atoms. The predicted molar refractivity (Wildman–Crippen MR) is 126 cm³/mol. The molecule has 4 rings (SSSR count). The van der Waals surface area contributed by atoms with Gasteiger partial charge in [-0.3, -0.25) is 19.6 Å². The number of carbonyl (C=O) groups excluding carboxylic acids is 2. The van der Waals surface area contributed by atoms with Crippen LogP contribution in [0.2, 0.25) is 0 Å². The Hall–Kier alpha value is -4.80. The lowest BCUT2D eigenvalue weighted by atomic mass is 10.1. The molecule has 0 saturated carbocycles. The Bertz CT molecular complexity index is 1410. The van der Waals surface area contributed by atoms with Crippen molar-refractivity contribution < 1.29 is 31.9 Å². The van der Waals surface area contributed by atoms with E-state index in [9.17, 15) is 27.2 Å². The van der Waals surface area contributed by atoms with Gasteiger partial charge >= 0.3 is 6.36 Å². The highest BCUT2D eigenvalue weighted by Gasteiger charge is 2.33. The molecule has 37 heavy (non-hydrogen) atoms. The lowest BCUT2D eigenvalue weighted by Gasteiger charge is -2.15. The van der Waals surface area contributed by atoms with E-state index in [0.29, 0.717) is 11.4 Å². The molecule has 2 amide bonds. The standard InChI is InChI=1S/C26H18F4N4O3/c27-21-7-2-1-6-19(21)22-10-9-18(15-32-22)34-24(35)16-8-11-23(37-26(28,29)30)20(13-16)25(36)33-14-17-5-3-4-12-31-17/h1-13,15H,14H2,(H,33,36)(H,34,35). The van der Waals surface area contributed by atoms with Crippen molar-refractivity contribution in [3.8, 4) is 17.0 Å². The zero-order valence-corrected chi connectivity index (χ0v) is 18.9. The SMILES string of the molecule is O=C(Nc1ccc(-c2ccccc2F)nc1)c1ccc(OC(F)(F)F)c(C(=O)NCc2ccccn2)c1. The Morgan fingerprint density at radius 1 is 0.892 bits per heavy atom.